The van der Waals surface area contributed by atoms with Gasteiger partial charge in [0.25, 0.3) is 0 Å². The maximum Gasteiger partial charge on any atom is 0.246 e. The molecular formula is C10H18N2O2. The van der Waals surface area contributed by atoms with Gasteiger partial charge in [0.2, 0.25) is 11.8 Å². The van der Waals surface area contributed by atoms with Crippen LogP contribution in [0.1, 0.15) is 33.1 Å². The van der Waals surface area contributed by atoms with Crippen LogP contribution in [-0.2, 0) is 9.59 Å². The van der Waals surface area contributed by atoms with Crippen molar-refractivity contribution in [3.63, 3.8) is 0 Å². The summed E-state index contributed by atoms with van der Waals surface area (Å²) >= 11 is 0. The van der Waals surface area contributed by atoms with Crippen molar-refractivity contribution in [3.05, 3.63) is 0 Å². The lowest BCUT2D eigenvalue weighted by Gasteiger charge is -2.30. The molecule has 0 aromatic carbocycles. The Bertz CT molecular complexity index is 228. The number of carbonyl (C=O) groups excluding carboxylic acids is 2. The molecule has 1 heterocycles. The zero-order chi connectivity index (χ0) is 10.6. The molecule has 1 aliphatic heterocycles. The molecule has 0 aromatic heterocycles. The molecule has 0 radical (unpaired) electrons. The standard InChI is InChI=1S/C10H18N2O2/c1-3-5-6-12-9(13)7-11-8(4-2)10(12)14/h8,11H,3-7H2,1-2H3. The van der Waals surface area contributed by atoms with Crippen molar-refractivity contribution in [2.24, 2.45) is 0 Å². The summed E-state index contributed by atoms with van der Waals surface area (Å²) in [5.41, 5.74) is 0. The van der Waals surface area contributed by atoms with Crippen LogP contribution in [0.3, 0.4) is 0 Å². The normalized spacial score (nSPS) is 23.0. The van der Waals surface area contributed by atoms with Crippen molar-refractivity contribution in [3.8, 4) is 0 Å². The maximum atomic E-state index is 11.7. The predicted octanol–water partition coefficient (Wildman–Crippen LogP) is 0.523. The van der Waals surface area contributed by atoms with Crippen molar-refractivity contribution < 1.29 is 9.59 Å². The molecule has 1 rings (SSSR count). The van der Waals surface area contributed by atoms with Gasteiger partial charge in [0.15, 0.2) is 0 Å². The summed E-state index contributed by atoms with van der Waals surface area (Å²) in [6.45, 7) is 4.87. The average Bonchev–Trinajstić information content (AvgIpc) is 2.18. The molecule has 1 saturated heterocycles. The van der Waals surface area contributed by atoms with Crippen LogP contribution in [0.15, 0.2) is 0 Å². The van der Waals surface area contributed by atoms with E-state index in [1.54, 1.807) is 0 Å². The minimum absolute atomic E-state index is 0.0581. The molecule has 0 spiro atoms. The maximum absolute atomic E-state index is 11.7. The van der Waals surface area contributed by atoms with E-state index in [2.05, 4.69) is 12.2 Å². The van der Waals surface area contributed by atoms with E-state index >= 15 is 0 Å². The molecule has 1 N–H and O–H groups in total. The number of amides is 2. The first-order chi connectivity index (χ1) is 6.70. The molecule has 1 fully saturated rings. The van der Waals surface area contributed by atoms with E-state index in [1.807, 2.05) is 6.92 Å². The first-order valence-corrected chi connectivity index (χ1v) is 5.28. The minimum atomic E-state index is -0.162. The Labute approximate surface area is 84.7 Å². The number of hydrogen-bond acceptors (Lipinski definition) is 3. The molecule has 80 valence electrons. The molecule has 0 aromatic rings. The zero-order valence-electron chi connectivity index (χ0n) is 8.88. The number of hydrogen-bond donors (Lipinski definition) is 1. The predicted molar refractivity (Wildman–Crippen MR) is 53.7 cm³/mol. The first kappa shape index (κ1) is 11.2. The van der Waals surface area contributed by atoms with E-state index in [0.717, 1.165) is 19.3 Å². The molecule has 1 aliphatic rings. The third kappa shape index (κ3) is 2.32. The Morgan fingerprint density at radius 3 is 2.71 bits per heavy atom. The van der Waals surface area contributed by atoms with Crippen LogP contribution in [0.5, 0.6) is 0 Å². The SMILES string of the molecule is CCCCN1C(=O)CNC(CC)C1=O. The van der Waals surface area contributed by atoms with Crippen LogP contribution in [0, 0.1) is 0 Å². The van der Waals surface area contributed by atoms with Crippen molar-refractivity contribution in [2.75, 3.05) is 13.1 Å². The Balaban J connectivity index is 2.59. The largest absolute Gasteiger partial charge is 0.297 e. The summed E-state index contributed by atoms with van der Waals surface area (Å²) in [5, 5.41) is 2.93. The number of nitrogens with one attached hydrogen (secondary N) is 1. The second-order valence-electron chi connectivity index (χ2n) is 3.58. The van der Waals surface area contributed by atoms with Crippen molar-refractivity contribution in [1.82, 2.24) is 10.2 Å². The highest BCUT2D eigenvalue weighted by atomic mass is 16.2. The van der Waals surface area contributed by atoms with Crippen LogP contribution in [0.4, 0.5) is 0 Å². The fraction of sp³-hybridized carbons (Fsp3) is 0.800. The fourth-order valence-electron chi connectivity index (χ4n) is 1.57. The lowest BCUT2D eigenvalue weighted by atomic mass is 10.1. The van der Waals surface area contributed by atoms with Crippen LogP contribution in [0.25, 0.3) is 0 Å². The minimum Gasteiger partial charge on any atom is -0.297 e. The summed E-state index contributed by atoms with van der Waals surface area (Å²) in [5.74, 6) is -0.148. The lowest BCUT2D eigenvalue weighted by molar-refractivity contribution is -0.149. The Hall–Kier alpha value is -0.900. The van der Waals surface area contributed by atoms with Gasteiger partial charge in [0, 0.05) is 6.54 Å². The molecule has 0 bridgehead atoms. The van der Waals surface area contributed by atoms with E-state index in [4.69, 9.17) is 0 Å². The molecule has 0 aliphatic carbocycles. The topological polar surface area (TPSA) is 49.4 Å². The smallest absolute Gasteiger partial charge is 0.246 e. The van der Waals surface area contributed by atoms with E-state index in [0.29, 0.717) is 13.1 Å². The van der Waals surface area contributed by atoms with Gasteiger partial charge in [-0.05, 0) is 12.8 Å². The average molecular weight is 198 g/mol. The van der Waals surface area contributed by atoms with Gasteiger partial charge in [-0.3, -0.25) is 19.8 Å². The van der Waals surface area contributed by atoms with Gasteiger partial charge in [0.05, 0.1) is 12.6 Å². The fourth-order valence-corrected chi connectivity index (χ4v) is 1.57. The molecule has 2 amide bonds. The van der Waals surface area contributed by atoms with E-state index in [-0.39, 0.29) is 17.9 Å². The van der Waals surface area contributed by atoms with Crippen LogP contribution in [0.2, 0.25) is 0 Å². The van der Waals surface area contributed by atoms with E-state index in [1.165, 1.54) is 4.90 Å². The number of imide groups is 1. The van der Waals surface area contributed by atoms with Crippen LogP contribution < -0.4 is 5.32 Å². The van der Waals surface area contributed by atoms with E-state index < -0.39 is 0 Å². The number of rotatable bonds is 4. The highest BCUT2D eigenvalue weighted by Crippen LogP contribution is 2.07. The third-order valence-electron chi connectivity index (χ3n) is 2.51. The van der Waals surface area contributed by atoms with Crippen LogP contribution >= 0.6 is 0 Å². The Morgan fingerprint density at radius 2 is 2.14 bits per heavy atom. The first-order valence-electron chi connectivity index (χ1n) is 5.28. The van der Waals surface area contributed by atoms with Gasteiger partial charge < -0.3 is 0 Å². The van der Waals surface area contributed by atoms with Gasteiger partial charge in [-0.2, -0.15) is 0 Å². The van der Waals surface area contributed by atoms with Crippen molar-refractivity contribution >= 4 is 11.8 Å². The molecule has 4 heteroatoms. The molecule has 14 heavy (non-hydrogen) atoms. The second kappa shape index (κ2) is 5.10. The van der Waals surface area contributed by atoms with Crippen molar-refractivity contribution in [1.29, 1.82) is 0 Å². The Morgan fingerprint density at radius 1 is 1.43 bits per heavy atom. The number of carbonyl (C=O) groups is 2. The van der Waals surface area contributed by atoms with Gasteiger partial charge in [-0.1, -0.05) is 20.3 Å². The molecular weight excluding hydrogens is 180 g/mol. The van der Waals surface area contributed by atoms with Crippen molar-refractivity contribution in [2.45, 2.75) is 39.2 Å². The van der Waals surface area contributed by atoms with Gasteiger partial charge in [-0.15, -0.1) is 0 Å². The zero-order valence-corrected chi connectivity index (χ0v) is 8.88. The molecule has 0 saturated carbocycles. The van der Waals surface area contributed by atoms with Crippen LogP contribution in [-0.4, -0.2) is 35.8 Å². The van der Waals surface area contributed by atoms with Gasteiger partial charge >= 0.3 is 0 Å². The lowest BCUT2D eigenvalue weighted by Crippen LogP contribution is -2.57. The summed E-state index contributed by atoms with van der Waals surface area (Å²) in [4.78, 5) is 24.5. The third-order valence-corrected chi connectivity index (χ3v) is 2.51. The summed E-state index contributed by atoms with van der Waals surface area (Å²) in [7, 11) is 0. The summed E-state index contributed by atoms with van der Waals surface area (Å²) in [6, 6.07) is -0.162. The molecule has 4 nitrogen and oxygen atoms in total. The van der Waals surface area contributed by atoms with Gasteiger partial charge in [-0.25, -0.2) is 0 Å². The van der Waals surface area contributed by atoms with Gasteiger partial charge in [0.1, 0.15) is 0 Å². The number of piperazine rings is 1. The quantitative estimate of drug-likeness (QED) is 0.670. The van der Waals surface area contributed by atoms with E-state index in [9.17, 15) is 9.59 Å². The summed E-state index contributed by atoms with van der Waals surface area (Å²) in [6.07, 6.45) is 2.64. The number of nitrogens with zero attached hydrogens (tertiary/aromatic N) is 1. The molecule has 1 atom stereocenters. The number of unbranched alkanes of at least 4 members (excludes halogenated alkanes) is 1. The molecule has 1 unspecified atom stereocenters. The summed E-state index contributed by atoms with van der Waals surface area (Å²) < 4.78 is 0. The monoisotopic (exact) mass is 198 g/mol. The highest BCUT2D eigenvalue weighted by Gasteiger charge is 2.31. The highest BCUT2D eigenvalue weighted by molar-refractivity contribution is 6.01. The Kier molecular flexibility index (Phi) is 4.07. The second-order valence-corrected chi connectivity index (χ2v) is 3.58.